The molecule has 0 radical (unpaired) electrons. The van der Waals surface area contributed by atoms with E-state index in [1.807, 2.05) is 50.2 Å². The first-order valence-corrected chi connectivity index (χ1v) is 6.98. The second kappa shape index (κ2) is 6.05. The average Bonchev–Trinajstić information content (AvgIpc) is 2.42. The largest absolute Gasteiger partial charge is 0.378 e. The first-order chi connectivity index (χ1) is 9.47. The van der Waals surface area contributed by atoms with Crippen LogP contribution in [-0.4, -0.2) is 25.0 Å². The number of benzene rings is 1. The predicted molar refractivity (Wildman–Crippen MR) is 85.4 cm³/mol. The first-order valence-electron chi connectivity index (χ1n) is 6.19. The summed E-state index contributed by atoms with van der Waals surface area (Å²) < 4.78 is 0.752. The minimum atomic E-state index is -0.138. The van der Waals surface area contributed by atoms with Gasteiger partial charge in [-0.2, -0.15) is 0 Å². The minimum absolute atomic E-state index is 0.138. The molecule has 0 spiro atoms. The Morgan fingerprint density at radius 1 is 1.25 bits per heavy atom. The summed E-state index contributed by atoms with van der Waals surface area (Å²) in [5.41, 5.74) is 3.10. The van der Waals surface area contributed by atoms with E-state index in [0.29, 0.717) is 11.3 Å². The molecule has 1 heterocycles. The fourth-order valence-electron chi connectivity index (χ4n) is 1.78. The first kappa shape index (κ1) is 14.5. The summed E-state index contributed by atoms with van der Waals surface area (Å²) in [4.78, 5) is 18.5. The highest BCUT2D eigenvalue weighted by atomic mass is 79.9. The number of amides is 1. The number of rotatable bonds is 3. The van der Waals surface area contributed by atoms with Gasteiger partial charge in [-0.15, -0.1) is 0 Å². The average molecular weight is 334 g/mol. The van der Waals surface area contributed by atoms with Crippen molar-refractivity contribution in [2.75, 3.05) is 24.3 Å². The monoisotopic (exact) mass is 333 g/mol. The molecule has 20 heavy (non-hydrogen) atoms. The third kappa shape index (κ3) is 3.36. The van der Waals surface area contributed by atoms with Crippen LogP contribution in [0.3, 0.4) is 0 Å². The van der Waals surface area contributed by atoms with Gasteiger partial charge in [-0.05, 0) is 53.2 Å². The van der Waals surface area contributed by atoms with Crippen molar-refractivity contribution in [3.63, 3.8) is 0 Å². The molecule has 1 amide bonds. The molecule has 0 atom stereocenters. The van der Waals surface area contributed by atoms with E-state index in [9.17, 15) is 4.79 Å². The van der Waals surface area contributed by atoms with Gasteiger partial charge >= 0.3 is 0 Å². The van der Waals surface area contributed by atoms with Gasteiger partial charge in [0.15, 0.2) is 0 Å². The fraction of sp³-hybridized carbons (Fsp3) is 0.200. The zero-order valence-electron chi connectivity index (χ0n) is 11.6. The van der Waals surface area contributed by atoms with Gasteiger partial charge in [-0.1, -0.05) is 6.07 Å². The fourth-order valence-corrected chi connectivity index (χ4v) is 2.18. The molecule has 0 aliphatic rings. The number of nitrogens with one attached hydrogen (secondary N) is 1. The third-order valence-electron chi connectivity index (χ3n) is 2.92. The standard InChI is InChI=1S/C15H16BrN3O/c1-10-13(7-8-14(16)17-10)18-15(20)11-5-4-6-12(9-11)19(2)3/h4-9H,1-3H3,(H,18,20). The molecule has 2 rings (SSSR count). The van der Waals surface area contributed by atoms with Crippen LogP contribution in [0, 0.1) is 6.92 Å². The smallest absolute Gasteiger partial charge is 0.255 e. The van der Waals surface area contributed by atoms with Crippen LogP contribution in [0.1, 0.15) is 16.1 Å². The Bertz CT molecular complexity index is 641. The number of nitrogens with zero attached hydrogens (tertiary/aromatic N) is 2. The maximum Gasteiger partial charge on any atom is 0.255 e. The lowest BCUT2D eigenvalue weighted by Crippen LogP contribution is -2.15. The topological polar surface area (TPSA) is 45.2 Å². The van der Waals surface area contributed by atoms with Crippen LogP contribution in [0.4, 0.5) is 11.4 Å². The lowest BCUT2D eigenvalue weighted by molar-refractivity contribution is 0.102. The van der Waals surface area contributed by atoms with Gasteiger partial charge in [0.25, 0.3) is 5.91 Å². The maximum atomic E-state index is 12.3. The third-order valence-corrected chi connectivity index (χ3v) is 3.37. The Hall–Kier alpha value is -1.88. The second-order valence-corrected chi connectivity index (χ2v) is 5.48. The van der Waals surface area contributed by atoms with Gasteiger partial charge in [-0.3, -0.25) is 4.79 Å². The van der Waals surface area contributed by atoms with E-state index in [0.717, 1.165) is 16.0 Å². The summed E-state index contributed by atoms with van der Waals surface area (Å²) in [7, 11) is 3.89. The molecule has 1 aromatic heterocycles. The summed E-state index contributed by atoms with van der Waals surface area (Å²) in [6, 6.07) is 11.1. The number of carbonyl (C=O) groups is 1. The molecule has 0 saturated carbocycles. The molecule has 0 aliphatic carbocycles. The molecular weight excluding hydrogens is 318 g/mol. The van der Waals surface area contributed by atoms with Crippen LogP contribution in [0.15, 0.2) is 41.0 Å². The van der Waals surface area contributed by atoms with E-state index in [1.54, 1.807) is 12.1 Å². The van der Waals surface area contributed by atoms with Crippen molar-refractivity contribution in [3.05, 3.63) is 52.3 Å². The predicted octanol–water partition coefficient (Wildman–Crippen LogP) is 3.47. The molecule has 0 unspecified atom stereocenters. The van der Waals surface area contributed by atoms with Crippen LogP contribution >= 0.6 is 15.9 Å². The van der Waals surface area contributed by atoms with Crippen LogP contribution in [0.2, 0.25) is 0 Å². The van der Waals surface area contributed by atoms with Gasteiger partial charge in [0.05, 0.1) is 11.4 Å². The molecule has 0 saturated heterocycles. The Balaban J connectivity index is 2.21. The van der Waals surface area contributed by atoms with Gasteiger partial charge in [0.2, 0.25) is 0 Å². The lowest BCUT2D eigenvalue weighted by Gasteiger charge is -2.14. The number of carbonyl (C=O) groups excluding carboxylic acids is 1. The highest BCUT2D eigenvalue weighted by molar-refractivity contribution is 9.10. The summed E-state index contributed by atoms with van der Waals surface area (Å²) in [5.74, 6) is -0.138. The normalized spacial score (nSPS) is 10.2. The number of pyridine rings is 1. The molecule has 4 nitrogen and oxygen atoms in total. The molecule has 5 heteroatoms. The van der Waals surface area contributed by atoms with Gasteiger partial charge in [0.1, 0.15) is 4.60 Å². The van der Waals surface area contributed by atoms with Crippen molar-refractivity contribution in [2.24, 2.45) is 0 Å². The zero-order valence-corrected chi connectivity index (χ0v) is 13.2. The summed E-state index contributed by atoms with van der Waals surface area (Å²) in [5, 5.41) is 2.88. The van der Waals surface area contributed by atoms with Crippen molar-refractivity contribution >= 4 is 33.2 Å². The van der Waals surface area contributed by atoms with Gasteiger partial charge in [-0.25, -0.2) is 4.98 Å². The number of anilines is 2. The molecule has 2 aromatic rings. The van der Waals surface area contributed by atoms with Crippen LogP contribution in [0.5, 0.6) is 0 Å². The molecule has 104 valence electrons. The van der Waals surface area contributed by atoms with E-state index in [1.165, 1.54) is 0 Å². The highest BCUT2D eigenvalue weighted by Gasteiger charge is 2.09. The second-order valence-electron chi connectivity index (χ2n) is 4.67. The van der Waals surface area contributed by atoms with Crippen LogP contribution in [0.25, 0.3) is 0 Å². The Labute approximate surface area is 127 Å². The van der Waals surface area contributed by atoms with E-state index >= 15 is 0 Å². The zero-order chi connectivity index (χ0) is 14.7. The van der Waals surface area contributed by atoms with Gasteiger partial charge in [0, 0.05) is 25.3 Å². The Kier molecular flexibility index (Phi) is 4.39. The van der Waals surface area contributed by atoms with E-state index in [2.05, 4.69) is 26.2 Å². The van der Waals surface area contributed by atoms with E-state index in [-0.39, 0.29) is 5.91 Å². The summed E-state index contributed by atoms with van der Waals surface area (Å²) >= 11 is 3.30. The minimum Gasteiger partial charge on any atom is -0.378 e. The molecule has 0 fully saturated rings. The number of hydrogen-bond acceptors (Lipinski definition) is 3. The molecular formula is C15H16BrN3O. The van der Waals surface area contributed by atoms with Crippen LogP contribution < -0.4 is 10.2 Å². The molecule has 1 N–H and O–H groups in total. The lowest BCUT2D eigenvalue weighted by atomic mass is 10.1. The van der Waals surface area contributed by atoms with Crippen molar-refractivity contribution < 1.29 is 4.79 Å². The summed E-state index contributed by atoms with van der Waals surface area (Å²) in [6.07, 6.45) is 0. The van der Waals surface area contributed by atoms with Crippen molar-refractivity contribution in [1.82, 2.24) is 4.98 Å². The molecule has 0 bridgehead atoms. The maximum absolute atomic E-state index is 12.3. The quantitative estimate of drug-likeness (QED) is 0.874. The number of aromatic nitrogens is 1. The molecule has 0 aliphatic heterocycles. The number of halogens is 1. The molecule has 1 aromatic carbocycles. The number of aryl methyl sites for hydroxylation is 1. The van der Waals surface area contributed by atoms with Crippen molar-refractivity contribution in [3.8, 4) is 0 Å². The van der Waals surface area contributed by atoms with Crippen molar-refractivity contribution in [1.29, 1.82) is 0 Å². The van der Waals surface area contributed by atoms with E-state index in [4.69, 9.17) is 0 Å². The SMILES string of the molecule is Cc1nc(Br)ccc1NC(=O)c1cccc(N(C)C)c1. The Morgan fingerprint density at radius 3 is 2.65 bits per heavy atom. The van der Waals surface area contributed by atoms with Crippen LogP contribution in [-0.2, 0) is 0 Å². The van der Waals surface area contributed by atoms with E-state index < -0.39 is 0 Å². The van der Waals surface area contributed by atoms with Crippen molar-refractivity contribution in [2.45, 2.75) is 6.92 Å². The summed E-state index contributed by atoms with van der Waals surface area (Å²) in [6.45, 7) is 1.86. The number of hydrogen-bond donors (Lipinski definition) is 1. The Morgan fingerprint density at radius 2 is 2.00 bits per heavy atom. The highest BCUT2D eigenvalue weighted by Crippen LogP contribution is 2.18. The van der Waals surface area contributed by atoms with Gasteiger partial charge < -0.3 is 10.2 Å².